The molecule has 434 valence electrons. The zero-order chi connectivity index (χ0) is 59.5. The van der Waals surface area contributed by atoms with Crippen LogP contribution in [-0.4, -0.2) is 73.4 Å². The zero-order valence-corrected chi connectivity index (χ0v) is 49.1. The lowest BCUT2D eigenvalue weighted by atomic mass is 9.99. The number of aryl methyl sites for hydroxylation is 2. The van der Waals surface area contributed by atoms with Crippen LogP contribution in [0.4, 0.5) is 22.7 Å². The third kappa shape index (κ3) is 17.7. The number of nitriles is 2. The van der Waals surface area contributed by atoms with Crippen LogP contribution in [0.2, 0.25) is 0 Å². The monoisotopic (exact) mass is 1140 g/mol. The van der Waals surface area contributed by atoms with E-state index in [-0.39, 0.29) is 118 Å². The summed E-state index contributed by atoms with van der Waals surface area (Å²) in [6.45, 7) is 17.3. The second kappa shape index (κ2) is 30.5. The molecule has 0 aliphatic carbocycles. The van der Waals surface area contributed by atoms with Gasteiger partial charge >= 0.3 is 11.9 Å². The Hall–Kier alpha value is -7.12. The van der Waals surface area contributed by atoms with Crippen molar-refractivity contribution in [1.82, 2.24) is 18.6 Å². The Labute approximate surface area is 469 Å². The Morgan fingerprint density at radius 2 is 1.10 bits per heavy atom. The van der Waals surface area contributed by atoms with E-state index in [1.54, 1.807) is 13.8 Å². The molecular weight excluding hydrogens is 1070 g/mol. The van der Waals surface area contributed by atoms with Crippen LogP contribution in [0.1, 0.15) is 152 Å². The van der Waals surface area contributed by atoms with E-state index in [9.17, 15) is 56.8 Å². The van der Waals surface area contributed by atoms with Crippen LogP contribution in [0.25, 0.3) is 0 Å². The molecule has 4 N–H and O–H groups in total. The van der Waals surface area contributed by atoms with Crippen molar-refractivity contribution in [3.05, 3.63) is 90.5 Å². The summed E-state index contributed by atoms with van der Waals surface area (Å²) in [6.07, 6.45) is 5.71. The first-order chi connectivity index (χ1) is 37.9. The molecule has 4 aromatic rings. The normalized spacial score (nSPS) is 13.4. The molecule has 0 saturated carbocycles. The summed E-state index contributed by atoms with van der Waals surface area (Å²) < 4.78 is 71.1. The van der Waals surface area contributed by atoms with Gasteiger partial charge in [-0.15, -0.1) is 10.2 Å². The number of nitrogens with zero attached hydrogens (tertiary/aromatic N) is 8. The lowest BCUT2D eigenvalue weighted by Crippen LogP contribution is -2.33. The van der Waals surface area contributed by atoms with E-state index in [0.29, 0.717) is 11.1 Å². The third-order valence-electron chi connectivity index (χ3n) is 13.8. The largest absolute Gasteiger partial charge is 0.493 e. The number of sulfonamides is 2. The maximum atomic E-state index is 13.3. The number of rotatable bonds is 31. The van der Waals surface area contributed by atoms with Crippen LogP contribution in [0.3, 0.4) is 0 Å². The summed E-state index contributed by atoms with van der Waals surface area (Å²) in [5.41, 5.74) is -0.0543. The van der Waals surface area contributed by atoms with Crippen molar-refractivity contribution in [1.29, 1.82) is 10.5 Å². The maximum Gasteiger partial charge on any atom is 0.306 e. The summed E-state index contributed by atoms with van der Waals surface area (Å²) in [6, 6.07) is 12.2. The van der Waals surface area contributed by atoms with E-state index in [0.717, 1.165) is 60.5 Å². The predicted octanol–water partition coefficient (Wildman–Crippen LogP) is 10.3. The lowest BCUT2D eigenvalue weighted by molar-refractivity contribution is -0.150. The molecule has 0 spiro atoms. The van der Waals surface area contributed by atoms with E-state index in [1.165, 1.54) is 64.1 Å². The Kier molecular flexibility index (Phi) is 24.9. The first kappa shape index (κ1) is 65.4. The summed E-state index contributed by atoms with van der Waals surface area (Å²) in [5.74, 6) is -1.87. The average molecular weight is 1150 g/mol. The molecule has 0 aliphatic heterocycles. The van der Waals surface area contributed by atoms with Crippen LogP contribution < -0.4 is 20.6 Å². The standard InChI is InChI=1S/C56H76N10O12S2/c1-11-15-19-41(13-3)33-65-53(69)45(29-57)39(9)51(55(65)71)63-61-43-23-26-48(36(6)27-43)80(75,76)60-32-38(8)78-50(68)22-18-17-21-49(67)77-37(7)31-59-79(73,74)44-24-25-47(35(5)28-44)62-64-52-40(10)46(30-58)54(70)66(56(52)72)34-42(14-4)20-16-12-2/h23-28,37-38,41-42,59-60,71-72H,11-22,31-34H2,1-10H3. The van der Waals surface area contributed by atoms with Gasteiger partial charge in [-0.05, 0) is 127 Å². The number of aromatic hydroxyl groups is 2. The van der Waals surface area contributed by atoms with E-state index in [1.807, 2.05) is 26.0 Å². The van der Waals surface area contributed by atoms with Gasteiger partial charge in [-0.1, -0.05) is 66.2 Å². The van der Waals surface area contributed by atoms with Gasteiger partial charge in [0.2, 0.25) is 31.8 Å². The van der Waals surface area contributed by atoms with Crippen molar-refractivity contribution >= 4 is 54.7 Å². The number of esters is 2. The number of aromatic nitrogens is 2. The Morgan fingerprint density at radius 1 is 0.637 bits per heavy atom. The molecule has 0 bridgehead atoms. The van der Waals surface area contributed by atoms with E-state index in [2.05, 4.69) is 43.7 Å². The smallest absolute Gasteiger partial charge is 0.306 e. The van der Waals surface area contributed by atoms with Gasteiger partial charge in [0.15, 0.2) is 11.4 Å². The van der Waals surface area contributed by atoms with Gasteiger partial charge in [0.05, 0.1) is 21.2 Å². The summed E-state index contributed by atoms with van der Waals surface area (Å²) >= 11 is 0. The van der Waals surface area contributed by atoms with Gasteiger partial charge in [-0.25, -0.2) is 26.3 Å². The predicted molar refractivity (Wildman–Crippen MR) is 301 cm³/mol. The van der Waals surface area contributed by atoms with Crippen molar-refractivity contribution < 1.29 is 46.1 Å². The molecule has 2 aromatic heterocycles. The number of benzene rings is 2. The second-order valence-corrected chi connectivity index (χ2v) is 23.5. The Morgan fingerprint density at radius 3 is 1.52 bits per heavy atom. The molecule has 0 amide bonds. The summed E-state index contributed by atoms with van der Waals surface area (Å²) in [5, 5.41) is 58.7. The molecule has 0 radical (unpaired) electrons. The SMILES string of the molecule is CCCCC(CC)Cn1c(O)c(N=Nc2ccc(S(=O)(=O)NCC(C)OC(=O)CCCCC(=O)OC(C)CNS(=O)(=O)c3ccc(N=Nc4c(C)c(C#N)c(=O)n(CC(CC)CCCC)c4O)c(C)c3)c(C)c2)c(C)c(C#N)c1=O. The van der Waals surface area contributed by atoms with Crippen molar-refractivity contribution in [2.45, 2.75) is 181 Å². The van der Waals surface area contributed by atoms with Crippen LogP contribution in [0.5, 0.6) is 11.8 Å². The minimum atomic E-state index is -4.10. The van der Waals surface area contributed by atoms with Gasteiger partial charge in [-0.3, -0.25) is 28.3 Å². The number of nitrogens with one attached hydrogen (secondary N) is 2. The highest BCUT2D eigenvalue weighted by molar-refractivity contribution is 7.89. The fourth-order valence-electron chi connectivity index (χ4n) is 8.72. The number of carbonyl (C=O) groups excluding carboxylic acids is 2. The molecule has 80 heavy (non-hydrogen) atoms. The number of carbonyl (C=O) groups is 2. The van der Waals surface area contributed by atoms with Gasteiger partial charge in [-0.2, -0.15) is 20.8 Å². The quantitative estimate of drug-likeness (QED) is 0.0207. The number of hydrogen-bond donors (Lipinski definition) is 4. The molecule has 4 atom stereocenters. The first-order valence-corrected chi connectivity index (χ1v) is 30.0. The van der Waals surface area contributed by atoms with Crippen molar-refractivity contribution in [3.8, 4) is 23.9 Å². The molecule has 0 fully saturated rings. The molecule has 0 saturated heterocycles. The van der Waals surface area contributed by atoms with E-state index in [4.69, 9.17) is 9.47 Å². The molecule has 4 rings (SSSR count). The van der Waals surface area contributed by atoms with Crippen molar-refractivity contribution in [3.63, 3.8) is 0 Å². The summed E-state index contributed by atoms with van der Waals surface area (Å²) in [4.78, 5) is 51.4. The van der Waals surface area contributed by atoms with Gasteiger partial charge in [0.1, 0.15) is 35.5 Å². The maximum absolute atomic E-state index is 13.3. The number of unbranched alkanes of at least 4 members (excludes halogenated alkanes) is 3. The highest BCUT2D eigenvalue weighted by atomic mass is 32.2. The fourth-order valence-corrected chi connectivity index (χ4v) is 11.3. The van der Waals surface area contributed by atoms with Crippen LogP contribution in [0.15, 0.2) is 76.2 Å². The zero-order valence-electron chi connectivity index (χ0n) is 47.5. The summed E-state index contributed by atoms with van der Waals surface area (Å²) in [7, 11) is -8.18. The molecule has 22 nitrogen and oxygen atoms in total. The average Bonchev–Trinajstić information content (AvgIpc) is 3.41. The molecule has 2 heterocycles. The number of pyridine rings is 2. The first-order valence-electron chi connectivity index (χ1n) is 27.0. The highest BCUT2D eigenvalue weighted by Gasteiger charge is 2.25. The third-order valence-corrected chi connectivity index (χ3v) is 16.8. The minimum absolute atomic E-state index is 0.0445. The second-order valence-electron chi connectivity index (χ2n) is 20.0. The number of azo groups is 2. The topological polar surface area (TPSA) is 326 Å². The Bertz CT molecular complexity index is 3360. The molecular formula is C56H76N10O12S2. The van der Waals surface area contributed by atoms with Crippen molar-refractivity contribution in [2.24, 2.45) is 32.3 Å². The van der Waals surface area contributed by atoms with Crippen LogP contribution in [0, 0.1) is 62.2 Å². The lowest BCUT2D eigenvalue weighted by Gasteiger charge is -2.19. The van der Waals surface area contributed by atoms with Gasteiger partial charge < -0.3 is 19.7 Å². The number of hydrogen-bond acceptors (Lipinski definition) is 18. The molecule has 0 aliphatic rings. The van der Waals surface area contributed by atoms with Crippen LogP contribution in [-0.2, 0) is 52.2 Å². The van der Waals surface area contributed by atoms with Crippen LogP contribution >= 0.6 is 0 Å². The Balaban J connectivity index is 1.24. The molecule has 4 unspecified atom stereocenters. The minimum Gasteiger partial charge on any atom is -0.493 e. The molecule has 2 aromatic carbocycles. The van der Waals surface area contributed by atoms with Gasteiger partial charge in [0, 0.05) is 50.1 Å². The highest BCUT2D eigenvalue weighted by Crippen LogP contribution is 2.36. The number of ether oxygens (including phenoxy) is 2. The van der Waals surface area contributed by atoms with Crippen molar-refractivity contribution in [2.75, 3.05) is 13.1 Å². The fraction of sp³-hybridized carbons (Fsp3) is 0.536. The molecule has 24 heteroatoms. The van der Waals surface area contributed by atoms with Gasteiger partial charge in [0.25, 0.3) is 11.1 Å². The van der Waals surface area contributed by atoms with E-state index < -0.39 is 67.1 Å². The van der Waals surface area contributed by atoms with E-state index >= 15 is 0 Å².